The van der Waals surface area contributed by atoms with Gasteiger partial charge in [-0.2, -0.15) is 0 Å². The predicted molar refractivity (Wildman–Crippen MR) is 48.4 cm³/mol. The molecular weight excluding hydrogens is 212 g/mol. The van der Waals surface area contributed by atoms with Crippen LogP contribution in [0.25, 0.3) is 0 Å². The van der Waals surface area contributed by atoms with Crippen LogP contribution < -0.4 is 11.1 Å². The van der Waals surface area contributed by atoms with Gasteiger partial charge < -0.3 is 11.1 Å². The van der Waals surface area contributed by atoms with Crippen LogP contribution in [-0.4, -0.2) is 12.6 Å². The SMILES string of the molecule is CC(CN)Nc1c(F)c(F)cc(F)c1F. The second-order valence-electron chi connectivity index (χ2n) is 3.12. The van der Waals surface area contributed by atoms with E-state index in [9.17, 15) is 17.6 Å². The van der Waals surface area contributed by atoms with E-state index >= 15 is 0 Å². The van der Waals surface area contributed by atoms with Gasteiger partial charge in [0.1, 0.15) is 5.69 Å². The van der Waals surface area contributed by atoms with Crippen molar-refractivity contribution in [2.75, 3.05) is 11.9 Å². The Kier molecular flexibility index (Phi) is 3.52. The molecule has 0 radical (unpaired) electrons. The summed E-state index contributed by atoms with van der Waals surface area (Å²) in [4.78, 5) is 0. The van der Waals surface area contributed by atoms with Gasteiger partial charge in [-0.1, -0.05) is 0 Å². The van der Waals surface area contributed by atoms with Crippen molar-refractivity contribution in [1.29, 1.82) is 0 Å². The van der Waals surface area contributed by atoms with Crippen LogP contribution in [0, 0.1) is 23.3 Å². The molecule has 3 N–H and O–H groups in total. The Labute approximate surface area is 84.1 Å². The number of hydrogen-bond donors (Lipinski definition) is 2. The average Bonchev–Trinajstić information content (AvgIpc) is 2.21. The summed E-state index contributed by atoms with van der Waals surface area (Å²) in [6, 6.07) is -0.335. The summed E-state index contributed by atoms with van der Waals surface area (Å²) < 4.78 is 51.6. The number of anilines is 1. The highest BCUT2D eigenvalue weighted by molar-refractivity contribution is 5.48. The lowest BCUT2D eigenvalue weighted by Crippen LogP contribution is -2.26. The standard InChI is InChI=1S/C9H10F4N2/c1-4(3-14)15-9-7(12)5(10)2-6(11)8(9)13/h2,4,15H,3,14H2,1H3. The Hall–Kier alpha value is -1.30. The van der Waals surface area contributed by atoms with Crippen LogP contribution in [0.2, 0.25) is 0 Å². The molecule has 1 rings (SSSR count). The van der Waals surface area contributed by atoms with E-state index in [1.54, 1.807) is 0 Å². The van der Waals surface area contributed by atoms with Crippen LogP contribution in [0.5, 0.6) is 0 Å². The zero-order valence-corrected chi connectivity index (χ0v) is 7.95. The second kappa shape index (κ2) is 4.48. The third-order valence-electron chi connectivity index (χ3n) is 1.86. The van der Waals surface area contributed by atoms with Crippen LogP contribution in [0.1, 0.15) is 6.92 Å². The van der Waals surface area contributed by atoms with Crippen molar-refractivity contribution in [3.8, 4) is 0 Å². The molecule has 1 atom stereocenters. The van der Waals surface area contributed by atoms with Crippen molar-refractivity contribution in [2.24, 2.45) is 5.73 Å². The largest absolute Gasteiger partial charge is 0.376 e. The molecule has 0 saturated carbocycles. The lowest BCUT2D eigenvalue weighted by Gasteiger charge is -2.14. The minimum Gasteiger partial charge on any atom is -0.376 e. The van der Waals surface area contributed by atoms with Gasteiger partial charge in [-0.15, -0.1) is 0 Å². The number of halogens is 4. The molecular formula is C9H10F4N2. The summed E-state index contributed by atoms with van der Waals surface area (Å²) in [6.07, 6.45) is 0. The number of rotatable bonds is 3. The Bertz CT molecular complexity index is 341. The lowest BCUT2D eigenvalue weighted by atomic mass is 10.2. The minimum absolute atomic E-state index is 0.0804. The summed E-state index contributed by atoms with van der Waals surface area (Å²) in [5, 5.41) is 2.25. The highest BCUT2D eigenvalue weighted by Gasteiger charge is 2.19. The van der Waals surface area contributed by atoms with E-state index in [0.29, 0.717) is 0 Å². The summed E-state index contributed by atoms with van der Waals surface area (Å²) in [7, 11) is 0. The van der Waals surface area contributed by atoms with Crippen molar-refractivity contribution in [3.63, 3.8) is 0 Å². The molecule has 2 nitrogen and oxygen atoms in total. The third kappa shape index (κ3) is 2.38. The molecule has 0 bridgehead atoms. The van der Waals surface area contributed by atoms with Crippen molar-refractivity contribution in [3.05, 3.63) is 29.3 Å². The molecule has 0 amide bonds. The monoisotopic (exact) mass is 222 g/mol. The van der Waals surface area contributed by atoms with Gasteiger partial charge in [0.25, 0.3) is 0 Å². The highest BCUT2D eigenvalue weighted by atomic mass is 19.2. The van der Waals surface area contributed by atoms with E-state index in [1.807, 2.05) is 0 Å². The van der Waals surface area contributed by atoms with Gasteiger partial charge in [0, 0.05) is 18.7 Å². The molecule has 84 valence electrons. The first-order valence-electron chi connectivity index (χ1n) is 4.27. The topological polar surface area (TPSA) is 38.0 Å². The zero-order chi connectivity index (χ0) is 11.6. The molecule has 1 unspecified atom stereocenters. The van der Waals surface area contributed by atoms with Crippen LogP contribution in [-0.2, 0) is 0 Å². The van der Waals surface area contributed by atoms with Crippen LogP contribution in [0.3, 0.4) is 0 Å². The van der Waals surface area contributed by atoms with Crippen molar-refractivity contribution in [1.82, 2.24) is 0 Å². The molecule has 1 aromatic rings. The Morgan fingerprint density at radius 3 is 2.07 bits per heavy atom. The molecule has 0 heterocycles. The van der Waals surface area contributed by atoms with E-state index in [0.717, 1.165) is 0 Å². The first-order valence-corrected chi connectivity index (χ1v) is 4.27. The third-order valence-corrected chi connectivity index (χ3v) is 1.86. The van der Waals surface area contributed by atoms with E-state index in [1.165, 1.54) is 6.92 Å². The van der Waals surface area contributed by atoms with Gasteiger partial charge in [-0.25, -0.2) is 17.6 Å². The zero-order valence-electron chi connectivity index (χ0n) is 7.95. The van der Waals surface area contributed by atoms with Gasteiger partial charge in [0.2, 0.25) is 0 Å². The highest BCUT2D eigenvalue weighted by Crippen LogP contribution is 2.24. The molecule has 0 aliphatic carbocycles. The summed E-state index contributed by atoms with van der Waals surface area (Å²) in [5.74, 6) is -5.79. The first-order chi connectivity index (χ1) is 6.97. The molecule has 0 aliphatic rings. The lowest BCUT2D eigenvalue weighted by molar-refractivity contribution is 0.457. The Balaban J connectivity index is 3.15. The molecule has 0 aromatic heterocycles. The molecule has 1 aromatic carbocycles. The fourth-order valence-corrected chi connectivity index (χ4v) is 1.01. The minimum atomic E-state index is -1.45. The van der Waals surface area contributed by atoms with E-state index in [-0.39, 0.29) is 12.6 Å². The Morgan fingerprint density at radius 1 is 1.20 bits per heavy atom. The van der Waals surface area contributed by atoms with Gasteiger partial charge in [-0.3, -0.25) is 0 Å². The summed E-state index contributed by atoms with van der Waals surface area (Å²) >= 11 is 0. The smallest absolute Gasteiger partial charge is 0.185 e. The van der Waals surface area contributed by atoms with E-state index in [2.05, 4.69) is 5.32 Å². The maximum Gasteiger partial charge on any atom is 0.185 e. The van der Waals surface area contributed by atoms with Crippen LogP contribution in [0.4, 0.5) is 23.2 Å². The molecule has 6 heteroatoms. The number of nitrogens with one attached hydrogen (secondary N) is 1. The van der Waals surface area contributed by atoms with Crippen molar-refractivity contribution < 1.29 is 17.6 Å². The van der Waals surface area contributed by atoms with Crippen molar-refractivity contribution in [2.45, 2.75) is 13.0 Å². The maximum atomic E-state index is 13.1. The van der Waals surface area contributed by atoms with E-state index < -0.39 is 35.0 Å². The number of benzene rings is 1. The molecule has 0 aliphatic heterocycles. The normalized spacial score (nSPS) is 12.7. The summed E-state index contributed by atoms with van der Waals surface area (Å²) in [5.41, 5.74) is 4.37. The van der Waals surface area contributed by atoms with Gasteiger partial charge >= 0.3 is 0 Å². The first kappa shape index (κ1) is 11.8. The van der Waals surface area contributed by atoms with Gasteiger partial charge in [0.05, 0.1) is 0 Å². The molecule has 15 heavy (non-hydrogen) atoms. The van der Waals surface area contributed by atoms with Gasteiger partial charge in [0.15, 0.2) is 23.3 Å². The maximum absolute atomic E-state index is 13.1. The van der Waals surface area contributed by atoms with Crippen LogP contribution in [0.15, 0.2) is 6.07 Å². The Morgan fingerprint density at radius 2 is 1.67 bits per heavy atom. The van der Waals surface area contributed by atoms with Gasteiger partial charge in [-0.05, 0) is 6.92 Å². The fourth-order valence-electron chi connectivity index (χ4n) is 1.01. The quantitative estimate of drug-likeness (QED) is 0.606. The predicted octanol–water partition coefficient (Wildman–Crippen LogP) is 2.00. The number of nitrogens with two attached hydrogens (primary N) is 1. The average molecular weight is 222 g/mol. The fraction of sp³-hybridized carbons (Fsp3) is 0.333. The van der Waals surface area contributed by atoms with Crippen LogP contribution >= 0.6 is 0 Å². The van der Waals surface area contributed by atoms with E-state index in [4.69, 9.17) is 5.73 Å². The summed E-state index contributed by atoms with van der Waals surface area (Å²) in [6.45, 7) is 1.61. The molecule has 0 spiro atoms. The second-order valence-corrected chi connectivity index (χ2v) is 3.12. The number of hydrogen-bond acceptors (Lipinski definition) is 2. The molecule has 0 fully saturated rings. The van der Waals surface area contributed by atoms with Crippen molar-refractivity contribution >= 4 is 5.69 Å². The molecule has 0 saturated heterocycles.